The molecule has 1 aromatic heterocycles. The van der Waals surface area contributed by atoms with Crippen LogP contribution in [0.25, 0.3) is 43.7 Å². The molecule has 6 rings (SSSR count). The second kappa shape index (κ2) is 9.54. The highest BCUT2D eigenvalue weighted by atomic mass is 16.5. The van der Waals surface area contributed by atoms with Crippen molar-refractivity contribution < 1.29 is 9.30 Å². The number of fused-ring (bicyclic) bond motifs is 5. The van der Waals surface area contributed by atoms with Crippen molar-refractivity contribution in [3.63, 3.8) is 0 Å². The molecule has 0 fully saturated rings. The zero-order valence-corrected chi connectivity index (χ0v) is 26.6. The van der Waals surface area contributed by atoms with Crippen molar-refractivity contribution in [1.29, 1.82) is 0 Å². The molecule has 0 N–H and O–H groups in total. The lowest BCUT2D eigenvalue weighted by Gasteiger charge is -2.29. The van der Waals surface area contributed by atoms with Gasteiger partial charge < -0.3 is 4.74 Å². The van der Waals surface area contributed by atoms with Gasteiger partial charge in [-0.3, -0.25) is 0 Å². The fourth-order valence-corrected chi connectivity index (χ4v) is 6.86. The molecule has 0 saturated heterocycles. The minimum Gasteiger partial charge on any atom is -0.455 e. The molecule has 3 heteroatoms. The third-order valence-corrected chi connectivity index (χ3v) is 8.37. The van der Waals surface area contributed by atoms with Gasteiger partial charge >= 0.3 is 0 Å². The van der Waals surface area contributed by atoms with Gasteiger partial charge in [0.15, 0.2) is 11.2 Å². The second-order valence-electron chi connectivity index (χ2n) is 15.2. The fourth-order valence-electron chi connectivity index (χ4n) is 6.86. The molecule has 0 radical (unpaired) electrons. The number of ether oxygens (including phenoxy) is 1. The van der Waals surface area contributed by atoms with E-state index < -0.39 is 0 Å². The Morgan fingerprint density at radius 1 is 0.854 bits per heavy atom. The van der Waals surface area contributed by atoms with Crippen LogP contribution in [0.3, 0.4) is 0 Å². The molecule has 2 heterocycles. The van der Waals surface area contributed by atoms with E-state index in [1.165, 1.54) is 55.1 Å². The molecule has 41 heavy (non-hydrogen) atoms. The molecule has 0 unspecified atom stereocenters. The van der Waals surface area contributed by atoms with Crippen LogP contribution < -0.4 is 9.30 Å². The number of hydrogen-bond acceptors (Lipinski definition) is 2. The first-order valence-corrected chi connectivity index (χ1v) is 15.2. The maximum absolute atomic E-state index is 7.10. The zero-order valence-electron chi connectivity index (χ0n) is 26.6. The SMILES string of the molecule is Cc1c2c(c(CC(C)(C)C)c3ccc(CC(C)(C)C)cc13)Oc1cc3c(CC(C)C)cccc3c3nc[n+](C)c-2c13. The van der Waals surface area contributed by atoms with E-state index in [2.05, 4.69) is 116 Å². The van der Waals surface area contributed by atoms with Gasteiger partial charge in [-0.15, -0.1) is 0 Å². The van der Waals surface area contributed by atoms with Crippen molar-refractivity contribution in [3.8, 4) is 22.8 Å². The molecule has 0 bridgehead atoms. The van der Waals surface area contributed by atoms with Crippen LogP contribution in [0.15, 0.2) is 48.8 Å². The average Bonchev–Trinajstić information content (AvgIpc) is 2.86. The lowest BCUT2D eigenvalue weighted by atomic mass is 9.80. The van der Waals surface area contributed by atoms with Crippen molar-refractivity contribution in [2.45, 2.75) is 81.6 Å². The number of aromatic nitrogens is 2. The Balaban J connectivity index is 1.73. The lowest BCUT2D eigenvalue weighted by molar-refractivity contribution is -0.662. The Morgan fingerprint density at radius 3 is 2.27 bits per heavy atom. The van der Waals surface area contributed by atoms with Crippen LogP contribution in [0.1, 0.15) is 77.6 Å². The van der Waals surface area contributed by atoms with E-state index in [1.54, 1.807) is 0 Å². The van der Waals surface area contributed by atoms with E-state index in [-0.39, 0.29) is 10.8 Å². The minimum atomic E-state index is 0.104. The number of hydrogen-bond donors (Lipinski definition) is 0. The molecule has 5 aromatic rings. The first-order chi connectivity index (χ1) is 19.2. The number of benzene rings is 4. The molecule has 0 atom stereocenters. The highest BCUT2D eigenvalue weighted by molar-refractivity contribution is 6.15. The van der Waals surface area contributed by atoms with Crippen molar-refractivity contribution in [2.75, 3.05) is 0 Å². The Morgan fingerprint density at radius 2 is 1.59 bits per heavy atom. The summed E-state index contributed by atoms with van der Waals surface area (Å²) in [6.45, 7) is 20.8. The van der Waals surface area contributed by atoms with Crippen LogP contribution in [0.4, 0.5) is 0 Å². The summed E-state index contributed by atoms with van der Waals surface area (Å²) in [5.74, 6) is 2.51. The third kappa shape index (κ3) is 4.88. The Bertz CT molecular complexity index is 1850. The van der Waals surface area contributed by atoms with Gasteiger partial charge in [0.05, 0.1) is 12.6 Å². The molecule has 4 aromatic carbocycles. The van der Waals surface area contributed by atoms with Crippen LogP contribution in [0, 0.1) is 23.7 Å². The Kier molecular flexibility index (Phi) is 6.45. The van der Waals surface area contributed by atoms with Crippen molar-refractivity contribution >= 4 is 32.4 Å². The van der Waals surface area contributed by atoms with Gasteiger partial charge in [-0.25, -0.2) is 4.57 Å². The van der Waals surface area contributed by atoms with Crippen LogP contribution in [-0.2, 0) is 26.3 Å². The molecule has 3 nitrogen and oxygen atoms in total. The quantitative estimate of drug-likeness (QED) is 0.163. The van der Waals surface area contributed by atoms with Crippen LogP contribution >= 0.6 is 0 Å². The van der Waals surface area contributed by atoms with Gasteiger partial charge in [0.2, 0.25) is 0 Å². The van der Waals surface area contributed by atoms with E-state index in [0.29, 0.717) is 5.92 Å². The van der Waals surface area contributed by atoms with Crippen LogP contribution in [0.2, 0.25) is 0 Å². The molecule has 0 amide bonds. The summed E-state index contributed by atoms with van der Waals surface area (Å²) >= 11 is 0. The largest absolute Gasteiger partial charge is 0.455 e. The molecule has 212 valence electrons. The fraction of sp³-hybridized carbons (Fsp3) is 0.421. The standard InChI is InChI=1S/C38H45N2O/c1-22(2)16-25-12-11-13-27-29(25)18-31-33-34(27)39-21-40(10)35(33)32-23(3)28-17-24(19-37(4,5)6)14-15-26(28)30(36(32)41-31)20-38(7,8)9/h11-15,17-18,21-22H,16,19-20H2,1-10H3/q+1. The summed E-state index contributed by atoms with van der Waals surface area (Å²) in [6.07, 6.45) is 5.01. The number of rotatable bonds is 4. The summed E-state index contributed by atoms with van der Waals surface area (Å²) in [6, 6.07) is 16.1. The van der Waals surface area contributed by atoms with E-state index in [0.717, 1.165) is 41.7 Å². The average molecular weight is 546 g/mol. The van der Waals surface area contributed by atoms with Gasteiger partial charge in [-0.2, -0.15) is 0 Å². The van der Waals surface area contributed by atoms with E-state index in [9.17, 15) is 0 Å². The molecule has 0 saturated carbocycles. The molecule has 0 spiro atoms. The summed E-state index contributed by atoms with van der Waals surface area (Å²) in [4.78, 5) is 5.02. The maximum Gasteiger partial charge on any atom is 0.287 e. The highest BCUT2D eigenvalue weighted by Gasteiger charge is 2.34. The molecular formula is C38H45N2O+. The van der Waals surface area contributed by atoms with Crippen molar-refractivity contribution in [1.82, 2.24) is 4.98 Å². The number of nitrogens with zero attached hydrogens (tertiary/aromatic N) is 2. The predicted molar refractivity (Wildman–Crippen MR) is 173 cm³/mol. The first kappa shape index (κ1) is 27.7. The molecule has 1 aliphatic heterocycles. The lowest BCUT2D eigenvalue weighted by Crippen LogP contribution is -2.33. The molecule has 0 aliphatic carbocycles. The number of aryl methyl sites for hydroxylation is 2. The van der Waals surface area contributed by atoms with E-state index in [4.69, 9.17) is 9.72 Å². The summed E-state index contributed by atoms with van der Waals surface area (Å²) in [7, 11) is 2.13. The van der Waals surface area contributed by atoms with E-state index in [1.807, 2.05) is 6.33 Å². The molecule has 1 aliphatic rings. The smallest absolute Gasteiger partial charge is 0.287 e. The predicted octanol–water partition coefficient (Wildman–Crippen LogP) is 9.82. The summed E-state index contributed by atoms with van der Waals surface area (Å²) in [5.41, 5.74) is 9.12. The van der Waals surface area contributed by atoms with Gasteiger partial charge in [-0.05, 0) is 92.9 Å². The minimum absolute atomic E-state index is 0.104. The Hall–Kier alpha value is -3.46. The van der Waals surface area contributed by atoms with Crippen LogP contribution in [0.5, 0.6) is 11.5 Å². The molecular weight excluding hydrogens is 500 g/mol. The van der Waals surface area contributed by atoms with Crippen LogP contribution in [-0.4, -0.2) is 4.98 Å². The van der Waals surface area contributed by atoms with Gasteiger partial charge in [0.25, 0.3) is 6.33 Å². The normalized spacial score (nSPS) is 13.3. The van der Waals surface area contributed by atoms with Crippen molar-refractivity contribution in [3.05, 3.63) is 71.0 Å². The highest BCUT2D eigenvalue weighted by Crippen LogP contribution is 2.52. The first-order valence-electron chi connectivity index (χ1n) is 15.2. The zero-order chi connectivity index (χ0) is 29.4. The Labute approximate surface area is 245 Å². The van der Waals surface area contributed by atoms with Gasteiger partial charge in [-0.1, -0.05) is 85.7 Å². The van der Waals surface area contributed by atoms with Crippen molar-refractivity contribution in [2.24, 2.45) is 23.8 Å². The second-order valence-corrected chi connectivity index (χ2v) is 15.2. The third-order valence-electron chi connectivity index (χ3n) is 8.37. The summed E-state index contributed by atoms with van der Waals surface area (Å²) in [5, 5.41) is 6.22. The van der Waals surface area contributed by atoms with Gasteiger partial charge in [0.1, 0.15) is 16.9 Å². The van der Waals surface area contributed by atoms with Gasteiger partial charge in [0, 0.05) is 10.9 Å². The maximum atomic E-state index is 7.10. The summed E-state index contributed by atoms with van der Waals surface area (Å²) < 4.78 is 9.30. The van der Waals surface area contributed by atoms with E-state index >= 15 is 0 Å². The topological polar surface area (TPSA) is 26.0 Å². The monoisotopic (exact) mass is 545 g/mol.